The first kappa shape index (κ1) is 17.4. The number of hydrogen-bond acceptors (Lipinski definition) is 4. The van der Waals surface area contributed by atoms with Gasteiger partial charge in [-0.3, -0.25) is 0 Å². The van der Waals surface area contributed by atoms with E-state index >= 15 is 0 Å². The summed E-state index contributed by atoms with van der Waals surface area (Å²) in [6, 6.07) is 0. The molecule has 1 aromatic carbocycles. The molecule has 0 spiro atoms. The predicted molar refractivity (Wildman–Crippen MR) is 66.3 cm³/mol. The Balaban J connectivity index is 3.14. The van der Waals surface area contributed by atoms with Crippen LogP contribution in [0.1, 0.15) is 11.1 Å². The van der Waals surface area contributed by atoms with E-state index in [0.717, 1.165) is 0 Å². The number of carbonyl (C=O) groups is 2. The maximum atomic E-state index is 13.7. The Bertz CT molecular complexity index is 556. The van der Waals surface area contributed by atoms with Gasteiger partial charge in [0.25, 0.3) is 0 Å². The normalized spacial score (nSPS) is 10.0. The Labute approximate surface area is 122 Å². The fraction of sp³-hybridized carbons (Fsp3) is 0.143. The lowest BCUT2D eigenvalue weighted by Crippen LogP contribution is -2.13. The van der Waals surface area contributed by atoms with Crippen molar-refractivity contribution in [3.63, 3.8) is 0 Å². The third-order valence-corrected chi connectivity index (χ3v) is 2.50. The summed E-state index contributed by atoms with van der Waals surface area (Å²) >= 11 is 0. The number of rotatable bonds is 6. The van der Waals surface area contributed by atoms with Crippen molar-refractivity contribution in [3.8, 4) is 0 Å². The molecule has 118 valence electrons. The van der Waals surface area contributed by atoms with Crippen LogP contribution in [0.25, 0.3) is 0 Å². The van der Waals surface area contributed by atoms with Crippen LogP contribution in [0.5, 0.6) is 0 Å². The molecule has 0 atom stereocenters. The Kier molecular flexibility index (Phi) is 5.85. The zero-order chi connectivity index (χ0) is 16.9. The average molecular weight is 318 g/mol. The maximum Gasteiger partial charge on any atom is 0.330 e. The largest absolute Gasteiger partial charge is 0.457 e. The Hall–Kier alpha value is -2.64. The second kappa shape index (κ2) is 7.39. The van der Waals surface area contributed by atoms with Gasteiger partial charge in [0, 0.05) is 12.2 Å². The van der Waals surface area contributed by atoms with Crippen molar-refractivity contribution in [2.24, 2.45) is 0 Å². The summed E-state index contributed by atoms with van der Waals surface area (Å²) in [6.45, 7) is 4.05. The standard InChI is InChI=1S/C14H10F4O4/c1-3-9(19)21-5-7-11(15)13(17)8(14(18)12(7)16)6-22-10(20)4-2/h3-4H,1-2,5-6H2. The second-order valence-electron chi connectivity index (χ2n) is 3.84. The fourth-order valence-electron chi connectivity index (χ4n) is 1.38. The Morgan fingerprint density at radius 3 is 1.27 bits per heavy atom. The third kappa shape index (κ3) is 3.72. The first-order valence-electron chi connectivity index (χ1n) is 5.75. The summed E-state index contributed by atoms with van der Waals surface area (Å²) in [4.78, 5) is 21.6. The molecule has 0 aliphatic heterocycles. The molecule has 0 aromatic heterocycles. The molecule has 0 amide bonds. The van der Waals surface area contributed by atoms with E-state index in [1.165, 1.54) is 0 Å². The summed E-state index contributed by atoms with van der Waals surface area (Å²) in [5.41, 5.74) is -2.21. The average Bonchev–Trinajstić information content (AvgIpc) is 2.52. The first-order valence-corrected chi connectivity index (χ1v) is 5.75. The number of ether oxygens (including phenoxy) is 2. The van der Waals surface area contributed by atoms with Gasteiger partial charge >= 0.3 is 11.9 Å². The van der Waals surface area contributed by atoms with Crippen molar-refractivity contribution in [1.29, 1.82) is 0 Å². The molecule has 0 N–H and O–H groups in total. The van der Waals surface area contributed by atoms with Gasteiger partial charge in [0.1, 0.15) is 13.2 Å². The van der Waals surface area contributed by atoms with Crippen molar-refractivity contribution in [1.82, 2.24) is 0 Å². The minimum atomic E-state index is -1.75. The van der Waals surface area contributed by atoms with Gasteiger partial charge in [-0.25, -0.2) is 27.2 Å². The van der Waals surface area contributed by atoms with E-state index in [9.17, 15) is 27.2 Å². The number of halogens is 4. The van der Waals surface area contributed by atoms with Crippen LogP contribution < -0.4 is 0 Å². The SMILES string of the molecule is C=CC(=O)OCc1c(F)c(F)c(COC(=O)C=C)c(F)c1F. The van der Waals surface area contributed by atoms with Crippen LogP contribution in [0.15, 0.2) is 25.3 Å². The molecule has 0 unspecified atom stereocenters. The number of benzene rings is 1. The molecule has 0 aliphatic rings. The first-order chi connectivity index (χ1) is 10.3. The smallest absolute Gasteiger partial charge is 0.330 e. The van der Waals surface area contributed by atoms with Crippen molar-refractivity contribution < 1.29 is 36.6 Å². The minimum absolute atomic E-state index is 0.714. The molecule has 0 aliphatic carbocycles. The molecule has 0 radical (unpaired) electrons. The van der Waals surface area contributed by atoms with Gasteiger partial charge in [-0.05, 0) is 0 Å². The zero-order valence-corrected chi connectivity index (χ0v) is 11.1. The van der Waals surface area contributed by atoms with E-state index < -0.39 is 59.5 Å². The maximum absolute atomic E-state index is 13.7. The zero-order valence-electron chi connectivity index (χ0n) is 11.1. The minimum Gasteiger partial charge on any atom is -0.457 e. The van der Waals surface area contributed by atoms with Crippen LogP contribution in [0, 0.1) is 23.3 Å². The van der Waals surface area contributed by atoms with Gasteiger partial charge in [-0.2, -0.15) is 0 Å². The Morgan fingerprint density at radius 1 is 0.773 bits per heavy atom. The fourth-order valence-corrected chi connectivity index (χ4v) is 1.38. The monoisotopic (exact) mass is 318 g/mol. The van der Waals surface area contributed by atoms with Crippen molar-refractivity contribution in [2.45, 2.75) is 13.2 Å². The summed E-state index contributed by atoms with van der Waals surface area (Å²) in [5.74, 6) is -9.05. The highest BCUT2D eigenvalue weighted by atomic mass is 19.2. The number of esters is 2. The van der Waals surface area contributed by atoms with E-state index in [-0.39, 0.29) is 0 Å². The molecular formula is C14H10F4O4. The van der Waals surface area contributed by atoms with Gasteiger partial charge < -0.3 is 9.47 Å². The lowest BCUT2D eigenvalue weighted by Gasteiger charge is -2.12. The van der Waals surface area contributed by atoms with Crippen LogP contribution in [-0.2, 0) is 32.3 Å². The quantitative estimate of drug-likeness (QED) is 0.350. The van der Waals surface area contributed by atoms with Crippen molar-refractivity contribution in [3.05, 3.63) is 59.7 Å². The molecule has 8 heteroatoms. The van der Waals surface area contributed by atoms with Crippen molar-refractivity contribution in [2.75, 3.05) is 0 Å². The van der Waals surface area contributed by atoms with Crippen LogP contribution >= 0.6 is 0 Å². The molecule has 4 nitrogen and oxygen atoms in total. The van der Waals surface area contributed by atoms with Gasteiger partial charge in [-0.1, -0.05) is 13.2 Å². The highest BCUT2D eigenvalue weighted by Crippen LogP contribution is 2.25. The van der Waals surface area contributed by atoms with Gasteiger partial charge in [-0.15, -0.1) is 0 Å². The molecule has 0 heterocycles. The molecule has 1 aromatic rings. The topological polar surface area (TPSA) is 52.6 Å². The molecule has 0 saturated carbocycles. The van der Waals surface area contributed by atoms with Gasteiger partial charge in [0.2, 0.25) is 0 Å². The van der Waals surface area contributed by atoms with Crippen LogP contribution in [0.3, 0.4) is 0 Å². The second-order valence-corrected chi connectivity index (χ2v) is 3.84. The highest BCUT2D eigenvalue weighted by molar-refractivity contribution is 5.81. The predicted octanol–water partition coefficient (Wildman–Crippen LogP) is 2.70. The lowest BCUT2D eigenvalue weighted by atomic mass is 10.1. The molecule has 0 fully saturated rings. The van der Waals surface area contributed by atoms with Gasteiger partial charge in [0.05, 0.1) is 11.1 Å². The van der Waals surface area contributed by atoms with E-state index in [4.69, 9.17) is 0 Å². The molecule has 0 bridgehead atoms. The number of carbonyl (C=O) groups excluding carboxylic acids is 2. The van der Waals surface area contributed by atoms with Crippen molar-refractivity contribution >= 4 is 11.9 Å². The lowest BCUT2D eigenvalue weighted by molar-refractivity contribution is -0.140. The van der Waals surface area contributed by atoms with E-state index in [1.807, 2.05) is 0 Å². The molecule has 0 saturated heterocycles. The summed E-state index contributed by atoms with van der Waals surface area (Å²) in [5, 5.41) is 0. The summed E-state index contributed by atoms with van der Waals surface area (Å²) in [7, 11) is 0. The Morgan fingerprint density at radius 2 is 1.05 bits per heavy atom. The third-order valence-electron chi connectivity index (χ3n) is 2.50. The molecule has 22 heavy (non-hydrogen) atoms. The van der Waals surface area contributed by atoms with Crippen LogP contribution in [0.4, 0.5) is 17.6 Å². The van der Waals surface area contributed by atoms with Crippen LogP contribution in [0.2, 0.25) is 0 Å². The van der Waals surface area contributed by atoms with E-state index in [1.54, 1.807) is 0 Å². The van der Waals surface area contributed by atoms with E-state index in [2.05, 4.69) is 22.6 Å². The summed E-state index contributed by atoms with van der Waals surface area (Å²) < 4.78 is 63.5. The summed E-state index contributed by atoms with van der Waals surface area (Å²) in [6.07, 6.45) is 1.43. The van der Waals surface area contributed by atoms with Crippen LogP contribution in [-0.4, -0.2) is 11.9 Å². The van der Waals surface area contributed by atoms with E-state index in [0.29, 0.717) is 12.2 Å². The highest BCUT2D eigenvalue weighted by Gasteiger charge is 2.26. The number of hydrogen-bond donors (Lipinski definition) is 0. The van der Waals surface area contributed by atoms with Gasteiger partial charge in [0.15, 0.2) is 23.3 Å². The molecular weight excluding hydrogens is 308 g/mol. The molecule has 1 rings (SSSR count).